The Morgan fingerprint density at radius 3 is 2.88 bits per heavy atom. The lowest BCUT2D eigenvalue weighted by Gasteiger charge is -2.28. The number of aryl methyl sites for hydroxylation is 1. The Labute approximate surface area is 151 Å². The standard InChI is InChI=1S/C20H23N3O3/c24-19(11-13-23-16-8-4-3-7-15(16)21-20(23)25)22-12-5-1-2-9-17(22)18-10-6-14-26-18/h3-4,6-8,10,14,17H,1-2,5,9,11-13H2,(H,21,25). The van der Waals surface area contributed by atoms with E-state index in [1.165, 1.54) is 0 Å². The molecule has 1 atom stereocenters. The van der Waals surface area contributed by atoms with Crippen LogP contribution in [0, 0.1) is 0 Å². The summed E-state index contributed by atoms with van der Waals surface area (Å²) >= 11 is 0. The van der Waals surface area contributed by atoms with Gasteiger partial charge in [-0.1, -0.05) is 25.0 Å². The highest BCUT2D eigenvalue weighted by Crippen LogP contribution is 2.31. The van der Waals surface area contributed by atoms with E-state index in [9.17, 15) is 9.59 Å². The number of fused-ring (bicyclic) bond motifs is 1. The van der Waals surface area contributed by atoms with Gasteiger partial charge in [-0.2, -0.15) is 0 Å². The zero-order valence-corrected chi connectivity index (χ0v) is 14.7. The number of para-hydroxylation sites is 2. The first kappa shape index (κ1) is 16.7. The van der Waals surface area contributed by atoms with Crippen molar-refractivity contribution < 1.29 is 9.21 Å². The first-order chi connectivity index (χ1) is 12.7. The molecule has 1 N–H and O–H groups in total. The van der Waals surface area contributed by atoms with E-state index in [1.807, 2.05) is 41.3 Å². The molecule has 1 fully saturated rings. The highest BCUT2D eigenvalue weighted by Gasteiger charge is 2.28. The highest BCUT2D eigenvalue weighted by molar-refractivity contribution is 5.78. The van der Waals surface area contributed by atoms with Crippen molar-refractivity contribution in [2.75, 3.05) is 6.54 Å². The van der Waals surface area contributed by atoms with Crippen LogP contribution in [0.15, 0.2) is 51.9 Å². The summed E-state index contributed by atoms with van der Waals surface area (Å²) in [5.74, 6) is 0.926. The fourth-order valence-corrected chi connectivity index (χ4v) is 3.86. The van der Waals surface area contributed by atoms with Crippen LogP contribution in [0.4, 0.5) is 0 Å². The van der Waals surface area contributed by atoms with Gasteiger partial charge in [-0.05, 0) is 37.1 Å². The fraction of sp³-hybridized carbons (Fsp3) is 0.400. The van der Waals surface area contributed by atoms with E-state index < -0.39 is 0 Å². The van der Waals surface area contributed by atoms with Crippen LogP contribution in [-0.2, 0) is 11.3 Å². The van der Waals surface area contributed by atoms with Gasteiger partial charge < -0.3 is 14.3 Å². The average Bonchev–Trinajstić information content (AvgIpc) is 3.21. The number of aromatic amines is 1. The molecule has 0 bridgehead atoms. The summed E-state index contributed by atoms with van der Waals surface area (Å²) in [5.41, 5.74) is 1.47. The number of H-pyrrole nitrogens is 1. The van der Waals surface area contributed by atoms with Crippen molar-refractivity contribution in [2.24, 2.45) is 0 Å². The predicted molar refractivity (Wildman–Crippen MR) is 98.8 cm³/mol. The van der Waals surface area contributed by atoms with E-state index >= 15 is 0 Å². The number of imidazole rings is 1. The Kier molecular flexibility index (Phi) is 4.65. The largest absolute Gasteiger partial charge is 0.467 e. The lowest BCUT2D eigenvalue weighted by molar-refractivity contribution is -0.134. The van der Waals surface area contributed by atoms with Crippen molar-refractivity contribution in [3.8, 4) is 0 Å². The van der Waals surface area contributed by atoms with E-state index in [-0.39, 0.29) is 17.6 Å². The molecule has 1 amide bonds. The number of hydrogen-bond acceptors (Lipinski definition) is 3. The Bertz CT molecular complexity index is 939. The van der Waals surface area contributed by atoms with E-state index in [0.717, 1.165) is 49.0 Å². The third-order valence-corrected chi connectivity index (χ3v) is 5.18. The van der Waals surface area contributed by atoms with Gasteiger partial charge in [-0.15, -0.1) is 0 Å². The van der Waals surface area contributed by atoms with Gasteiger partial charge in [-0.3, -0.25) is 9.36 Å². The Morgan fingerprint density at radius 2 is 2.04 bits per heavy atom. The Hall–Kier alpha value is -2.76. The number of hydrogen-bond donors (Lipinski definition) is 1. The zero-order chi connectivity index (χ0) is 17.9. The maximum absolute atomic E-state index is 13.0. The molecule has 0 radical (unpaired) electrons. The van der Waals surface area contributed by atoms with Crippen molar-refractivity contribution in [2.45, 2.75) is 44.7 Å². The average molecular weight is 353 g/mol. The molecule has 6 heteroatoms. The highest BCUT2D eigenvalue weighted by atomic mass is 16.3. The second-order valence-corrected chi connectivity index (χ2v) is 6.82. The maximum Gasteiger partial charge on any atom is 0.326 e. The number of nitrogens with zero attached hydrogens (tertiary/aromatic N) is 2. The van der Waals surface area contributed by atoms with E-state index in [4.69, 9.17) is 4.42 Å². The first-order valence-corrected chi connectivity index (χ1v) is 9.24. The monoisotopic (exact) mass is 353 g/mol. The third kappa shape index (κ3) is 3.19. The first-order valence-electron chi connectivity index (χ1n) is 9.24. The van der Waals surface area contributed by atoms with Gasteiger partial charge >= 0.3 is 5.69 Å². The number of amides is 1. The Morgan fingerprint density at radius 1 is 1.15 bits per heavy atom. The normalized spacial score (nSPS) is 18.2. The molecule has 26 heavy (non-hydrogen) atoms. The van der Waals surface area contributed by atoms with Crippen molar-refractivity contribution in [3.63, 3.8) is 0 Å². The minimum Gasteiger partial charge on any atom is -0.467 e. The van der Waals surface area contributed by atoms with Crippen molar-refractivity contribution in [3.05, 3.63) is 58.9 Å². The molecular weight excluding hydrogens is 330 g/mol. The molecule has 6 nitrogen and oxygen atoms in total. The lowest BCUT2D eigenvalue weighted by Crippen LogP contribution is -2.35. The summed E-state index contributed by atoms with van der Waals surface area (Å²) in [5, 5.41) is 0. The molecule has 0 aliphatic carbocycles. The number of rotatable bonds is 4. The SMILES string of the molecule is O=C(CCn1c(=O)[nH]c2ccccc21)N1CCCCCC1c1ccco1. The number of carbonyl (C=O) groups is 1. The van der Waals surface area contributed by atoms with E-state index in [2.05, 4.69) is 4.98 Å². The van der Waals surface area contributed by atoms with Crippen molar-refractivity contribution in [1.29, 1.82) is 0 Å². The van der Waals surface area contributed by atoms with E-state index in [1.54, 1.807) is 10.8 Å². The van der Waals surface area contributed by atoms with Gasteiger partial charge in [-0.25, -0.2) is 4.79 Å². The van der Waals surface area contributed by atoms with Crippen LogP contribution in [0.1, 0.15) is 43.9 Å². The molecule has 136 valence electrons. The van der Waals surface area contributed by atoms with Crippen molar-refractivity contribution in [1.82, 2.24) is 14.5 Å². The molecule has 3 aromatic rings. The van der Waals surface area contributed by atoms with Crippen molar-refractivity contribution >= 4 is 16.9 Å². The molecule has 3 heterocycles. The van der Waals surface area contributed by atoms with E-state index in [0.29, 0.717) is 13.0 Å². The molecule has 2 aromatic heterocycles. The van der Waals surface area contributed by atoms with Crippen LogP contribution in [0.3, 0.4) is 0 Å². The number of nitrogens with one attached hydrogen (secondary N) is 1. The lowest BCUT2D eigenvalue weighted by atomic mass is 10.1. The molecule has 1 saturated heterocycles. The molecule has 4 rings (SSSR count). The van der Waals surface area contributed by atoms with Crippen LogP contribution in [0.2, 0.25) is 0 Å². The predicted octanol–water partition coefficient (Wildman–Crippen LogP) is 3.46. The summed E-state index contributed by atoms with van der Waals surface area (Å²) in [4.78, 5) is 29.9. The summed E-state index contributed by atoms with van der Waals surface area (Å²) in [7, 11) is 0. The molecule has 1 unspecified atom stereocenters. The number of aromatic nitrogens is 2. The zero-order valence-electron chi connectivity index (χ0n) is 14.7. The number of likely N-dealkylation sites (tertiary alicyclic amines) is 1. The number of benzene rings is 1. The third-order valence-electron chi connectivity index (χ3n) is 5.18. The number of carbonyl (C=O) groups excluding carboxylic acids is 1. The quantitative estimate of drug-likeness (QED) is 0.781. The van der Waals surface area contributed by atoms with Gasteiger partial charge in [0.1, 0.15) is 5.76 Å². The van der Waals surface area contributed by atoms with Gasteiger partial charge in [0.25, 0.3) is 0 Å². The smallest absolute Gasteiger partial charge is 0.326 e. The molecule has 1 aliphatic heterocycles. The molecule has 1 aliphatic rings. The van der Waals surface area contributed by atoms with Gasteiger partial charge in [0.2, 0.25) is 5.91 Å². The molecular formula is C20H23N3O3. The summed E-state index contributed by atoms with van der Waals surface area (Å²) in [6, 6.07) is 11.4. The van der Waals surface area contributed by atoms with Crippen LogP contribution in [-0.4, -0.2) is 26.9 Å². The molecule has 1 aromatic carbocycles. The fourth-order valence-electron chi connectivity index (χ4n) is 3.86. The topological polar surface area (TPSA) is 71.2 Å². The van der Waals surface area contributed by atoms with Crippen LogP contribution in [0.25, 0.3) is 11.0 Å². The second-order valence-electron chi connectivity index (χ2n) is 6.82. The van der Waals surface area contributed by atoms with Crippen LogP contribution >= 0.6 is 0 Å². The van der Waals surface area contributed by atoms with Gasteiger partial charge in [0, 0.05) is 19.5 Å². The van der Waals surface area contributed by atoms with Gasteiger partial charge in [0.05, 0.1) is 23.3 Å². The minimum atomic E-state index is -0.169. The Balaban J connectivity index is 1.52. The summed E-state index contributed by atoms with van der Waals surface area (Å²) in [6.07, 6.45) is 6.12. The summed E-state index contributed by atoms with van der Waals surface area (Å²) < 4.78 is 7.23. The molecule has 0 spiro atoms. The number of furan rings is 1. The summed E-state index contributed by atoms with van der Waals surface area (Å²) in [6.45, 7) is 1.12. The van der Waals surface area contributed by atoms with Gasteiger partial charge in [0.15, 0.2) is 0 Å². The van der Waals surface area contributed by atoms with Crippen LogP contribution in [0.5, 0.6) is 0 Å². The minimum absolute atomic E-state index is 0.000286. The second kappa shape index (κ2) is 7.23. The molecule has 0 saturated carbocycles. The maximum atomic E-state index is 13.0. The van der Waals surface area contributed by atoms with Crippen LogP contribution < -0.4 is 5.69 Å².